The molecule has 26 heavy (non-hydrogen) atoms. The second kappa shape index (κ2) is 9.15. The number of aromatic nitrogens is 1. The molecule has 2 heterocycles. The number of cyclic esters (lactones) is 1. The molecule has 3 rings (SSSR count). The maximum absolute atomic E-state index is 12.4. The minimum atomic E-state index is -0.451. The molecule has 0 aliphatic carbocycles. The molecule has 0 atom stereocenters. The Kier molecular flexibility index (Phi) is 6.92. The minimum absolute atomic E-state index is 0.0983. The molecule has 4 nitrogen and oxygen atoms in total. The van der Waals surface area contributed by atoms with E-state index in [1.54, 1.807) is 6.92 Å². The predicted molar refractivity (Wildman–Crippen MR) is 107 cm³/mol. The number of aliphatic hydroxyl groups excluding tert-OH is 1. The molecule has 0 saturated carbocycles. The highest BCUT2D eigenvalue weighted by Gasteiger charge is 2.22. The van der Waals surface area contributed by atoms with Crippen molar-refractivity contribution in [1.82, 2.24) is 4.98 Å². The average molecular weight is 369 g/mol. The van der Waals surface area contributed by atoms with Gasteiger partial charge in [-0.05, 0) is 25.8 Å². The molecule has 1 N–H and O–H groups in total. The predicted octanol–water partition coefficient (Wildman–Crippen LogP) is 5.90. The topological polar surface area (TPSA) is 59.4 Å². The third-order valence-electron chi connectivity index (χ3n) is 3.60. The van der Waals surface area contributed by atoms with Crippen molar-refractivity contribution in [3.63, 3.8) is 0 Å². The molecule has 1 aromatic heterocycles. The van der Waals surface area contributed by atoms with Crippen molar-refractivity contribution < 1.29 is 14.6 Å². The lowest BCUT2D eigenvalue weighted by atomic mass is 10.1. The summed E-state index contributed by atoms with van der Waals surface area (Å²) in [6.45, 7) is 7.42. The molecule has 0 radical (unpaired) electrons. The Morgan fingerprint density at radius 3 is 2.62 bits per heavy atom. The van der Waals surface area contributed by atoms with Gasteiger partial charge in [-0.1, -0.05) is 50.3 Å². The lowest BCUT2D eigenvalue weighted by Crippen LogP contribution is -2.05. The van der Waals surface area contributed by atoms with E-state index in [0.717, 1.165) is 16.8 Å². The highest BCUT2D eigenvalue weighted by Crippen LogP contribution is 2.30. The number of ether oxygens (including phenoxy) is 1. The Labute approximate surface area is 158 Å². The van der Waals surface area contributed by atoms with Crippen LogP contribution in [0.15, 0.2) is 65.0 Å². The van der Waals surface area contributed by atoms with Crippen molar-refractivity contribution in [3.8, 4) is 11.3 Å². The summed E-state index contributed by atoms with van der Waals surface area (Å²) in [6.07, 6.45) is 3.86. The third kappa shape index (κ3) is 4.70. The Balaban J connectivity index is 0.00000117. The first-order chi connectivity index (χ1) is 12.5. The number of esters is 1. The summed E-state index contributed by atoms with van der Waals surface area (Å²) in [4.78, 5) is 17.0. The number of hydrogen-bond donors (Lipinski definition) is 1. The third-order valence-corrected chi connectivity index (χ3v) is 4.48. The van der Waals surface area contributed by atoms with Gasteiger partial charge in [-0.3, -0.25) is 0 Å². The van der Waals surface area contributed by atoms with Gasteiger partial charge in [0, 0.05) is 17.0 Å². The fourth-order valence-corrected chi connectivity index (χ4v) is 3.19. The molecule has 1 aliphatic rings. The number of rotatable bonds is 3. The van der Waals surface area contributed by atoms with Crippen LogP contribution in [-0.2, 0) is 9.53 Å². The first kappa shape index (κ1) is 19.7. The van der Waals surface area contributed by atoms with Crippen molar-refractivity contribution >= 4 is 22.9 Å². The highest BCUT2D eigenvalue weighted by molar-refractivity contribution is 7.11. The standard InChI is InChI=1S/C19H17NO3S.C2H6/c1-12-8-9-15(19(22)23-17(12)10-13(2)21)18-20-16(11-24-18)14-6-4-3-5-7-14;1-2/h3-7,9-11,21H,8H2,1-2H3;1-2H3/b13-10+;. The monoisotopic (exact) mass is 369 g/mol. The van der Waals surface area contributed by atoms with E-state index in [4.69, 9.17) is 4.74 Å². The summed E-state index contributed by atoms with van der Waals surface area (Å²) in [5, 5.41) is 12.0. The zero-order chi connectivity index (χ0) is 19.1. The number of aliphatic hydroxyl groups is 1. The molecule has 0 fully saturated rings. The van der Waals surface area contributed by atoms with E-state index in [1.807, 2.05) is 62.6 Å². The van der Waals surface area contributed by atoms with Crippen molar-refractivity contribution in [1.29, 1.82) is 0 Å². The van der Waals surface area contributed by atoms with Crippen LogP contribution in [0, 0.1) is 0 Å². The molecule has 2 aromatic rings. The van der Waals surface area contributed by atoms with Crippen LogP contribution in [0.25, 0.3) is 16.8 Å². The SMILES string of the molecule is CC.CC1=C(/C=C(\C)O)OC(=O)C(c2nc(-c3ccccc3)cs2)=CC1. The van der Waals surface area contributed by atoms with E-state index in [-0.39, 0.29) is 5.76 Å². The van der Waals surface area contributed by atoms with Crippen LogP contribution in [0.4, 0.5) is 0 Å². The summed E-state index contributed by atoms with van der Waals surface area (Å²) in [5.74, 6) is 0.0422. The van der Waals surface area contributed by atoms with E-state index in [9.17, 15) is 9.90 Å². The first-order valence-corrected chi connectivity index (χ1v) is 9.43. The van der Waals surface area contributed by atoms with E-state index < -0.39 is 5.97 Å². The van der Waals surface area contributed by atoms with Crippen molar-refractivity contribution in [2.24, 2.45) is 0 Å². The Morgan fingerprint density at radius 2 is 1.96 bits per heavy atom. The smallest absolute Gasteiger partial charge is 0.346 e. The lowest BCUT2D eigenvalue weighted by Gasteiger charge is -2.06. The van der Waals surface area contributed by atoms with Gasteiger partial charge in [0.2, 0.25) is 0 Å². The number of thiazole rings is 1. The van der Waals surface area contributed by atoms with Crippen LogP contribution in [0.3, 0.4) is 0 Å². The highest BCUT2D eigenvalue weighted by atomic mass is 32.1. The number of carbonyl (C=O) groups excluding carboxylic acids is 1. The summed E-state index contributed by atoms with van der Waals surface area (Å²) in [7, 11) is 0. The molecule has 1 aromatic carbocycles. The van der Waals surface area contributed by atoms with Crippen molar-refractivity contribution in [2.75, 3.05) is 0 Å². The Morgan fingerprint density at radius 1 is 1.27 bits per heavy atom. The molecular weight excluding hydrogens is 346 g/mol. The maximum Gasteiger partial charge on any atom is 0.346 e. The average Bonchev–Trinajstić information content (AvgIpc) is 3.08. The van der Waals surface area contributed by atoms with Gasteiger partial charge < -0.3 is 9.84 Å². The Hall–Kier alpha value is -2.66. The zero-order valence-electron chi connectivity index (χ0n) is 15.4. The van der Waals surface area contributed by atoms with Gasteiger partial charge in [-0.2, -0.15) is 0 Å². The van der Waals surface area contributed by atoms with Gasteiger partial charge in [-0.15, -0.1) is 11.3 Å². The molecule has 1 aliphatic heterocycles. The second-order valence-electron chi connectivity index (χ2n) is 5.55. The second-order valence-corrected chi connectivity index (χ2v) is 6.40. The summed E-state index contributed by atoms with van der Waals surface area (Å²) >= 11 is 1.42. The van der Waals surface area contributed by atoms with Gasteiger partial charge in [0.05, 0.1) is 17.0 Å². The lowest BCUT2D eigenvalue weighted by molar-refractivity contribution is -0.132. The molecule has 0 spiro atoms. The molecule has 0 unspecified atom stereocenters. The summed E-state index contributed by atoms with van der Waals surface area (Å²) < 4.78 is 5.42. The number of carbonyl (C=O) groups is 1. The fourth-order valence-electron chi connectivity index (χ4n) is 2.34. The molecule has 136 valence electrons. The van der Waals surface area contributed by atoms with Crippen LogP contribution < -0.4 is 0 Å². The molecule has 0 amide bonds. The Bertz CT molecular complexity index is 856. The number of hydrogen-bond acceptors (Lipinski definition) is 5. The van der Waals surface area contributed by atoms with Crippen LogP contribution in [0.2, 0.25) is 0 Å². The minimum Gasteiger partial charge on any atom is -0.512 e. The van der Waals surface area contributed by atoms with Crippen LogP contribution in [0.5, 0.6) is 0 Å². The summed E-state index contributed by atoms with van der Waals surface area (Å²) in [5.41, 5.74) is 3.19. The summed E-state index contributed by atoms with van der Waals surface area (Å²) in [6, 6.07) is 9.83. The van der Waals surface area contributed by atoms with Crippen molar-refractivity contribution in [3.05, 3.63) is 70.0 Å². The first-order valence-electron chi connectivity index (χ1n) is 8.55. The largest absolute Gasteiger partial charge is 0.512 e. The van der Waals surface area contributed by atoms with Crippen molar-refractivity contribution in [2.45, 2.75) is 34.1 Å². The molecule has 0 saturated heterocycles. The van der Waals surface area contributed by atoms with Gasteiger partial charge in [0.15, 0.2) is 0 Å². The number of benzene rings is 1. The van der Waals surface area contributed by atoms with Gasteiger partial charge >= 0.3 is 5.97 Å². The molecule has 5 heteroatoms. The number of nitrogens with zero attached hydrogens (tertiary/aromatic N) is 1. The zero-order valence-corrected chi connectivity index (χ0v) is 16.3. The van der Waals surface area contributed by atoms with Crippen LogP contribution in [0.1, 0.15) is 39.1 Å². The van der Waals surface area contributed by atoms with E-state index >= 15 is 0 Å². The van der Waals surface area contributed by atoms with E-state index in [0.29, 0.717) is 22.8 Å². The fraction of sp³-hybridized carbons (Fsp3) is 0.238. The quantitative estimate of drug-likeness (QED) is 0.540. The molecular formula is C21H23NO3S. The van der Waals surface area contributed by atoms with E-state index in [1.165, 1.54) is 17.4 Å². The normalized spacial score (nSPS) is 14.8. The van der Waals surface area contributed by atoms with Gasteiger partial charge in [0.25, 0.3) is 0 Å². The van der Waals surface area contributed by atoms with Gasteiger partial charge in [0.1, 0.15) is 10.8 Å². The van der Waals surface area contributed by atoms with Crippen LogP contribution in [-0.4, -0.2) is 16.1 Å². The van der Waals surface area contributed by atoms with Gasteiger partial charge in [-0.25, -0.2) is 9.78 Å². The van der Waals surface area contributed by atoms with Crippen LogP contribution >= 0.6 is 11.3 Å². The maximum atomic E-state index is 12.4. The number of allylic oxidation sites excluding steroid dienone is 4. The van der Waals surface area contributed by atoms with E-state index in [2.05, 4.69) is 4.98 Å². The molecule has 0 bridgehead atoms.